The lowest BCUT2D eigenvalue weighted by Gasteiger charge is -2.09. The SMILES string of the molecule is CSCCNS(=O)(=O)c1cnccc1NN. The molecule has 6 nitrogen and oxygen atoms in total. The number of anilines is 1. The highest BCUT2D eigenvalue weighted by Gasteiger charge is 2.17. The molecule has 0 aliphatic carbocycles. The van der Waals surface area contributed by atoms with E-state index in [0.29, 0.717) is 18.0 Å². The van der Waals surface area contributed by atoms with Crippen LogP contribution in [0.1, 0.15) is 0 Å². The monoisotopic (exact) mass is 262 g/mol. The third kappa shape index (κ3) is 3.34. The molecule has 1 heterocycles. The molecule has 1 aromatic rings. The average Bonchev–Trinajstić information content (AvgIpc) is 2.29. The molecular formula is C8H14N4O2S2. The Morgan fingerprint density at radius 1 is 1.56 bits per heavy atom. The average molecular weight is 262 g/mol. The number of hydrogen-bond acceptors (Lipinski definition) is 6. The molecular weight excluding hydrogens is 248 g/mol. The van der Waals surface area contributed by atoms with Crippen molar-refractivity contribution in [2.24, 2.45) is 5.84 Å². The van der Waals surface area contributed by atoms with Crippen molar-refractivity contribution in [1.29, 1.82) is 0 Å². The van der Waals surface area contributed by atoms with Gasteiger partial charge >= 0.3 is 0 Å². The number of thioether (sulfide) groups is 1. The smallest absolute Gasteiger partial charge is 0.244 e. The summed E-state index contributed by atoms with van der Waals surface area (Å²) < 4.78 is 26.1. The van der Waals surface area contributed by atoms with Gasteiger partial charge in [0.2, 0.25) is 10.0 Å². The number of rotatable bonds is 6. The quantitative estimate of drug-likeness (QED) is 0.379. The minimum Gasteiger partial charge on any atom is -0.323 e. The van der Waals surface area contributed by atoms with Gasteiger partial charge in [0.05, 0.1) is 5.69 Å². The van der Waals surface area contributed by atoms with Crippen LogP contribution in [0.4, 0.5) is 5.69 Å². The fraction of sp³-hybridized carbons (Fsp3) is 0.375. The summed E-state index contributed by atoms with van der Waals surface area (Å²) in [5.41, 5.74) is 2.65. The van der Waals surface area contributed by atoms with Gasteiger partial charge in [0, 0.05) is 24.7 Å². The van der Waals surface area contributed by atoms with Gasteiger partial charge in [-0.05, 0) is 12.3 Å². The van der Waals surface area contributed by atoms with Gasteiger partial charge in [0.1, 0.15) is 4.90 Å². The molecule has 0 saturated carbocycles. The van der Waals surface area contributed by atoms with Crippen LogP contribution in [-0.4, -0.2) is 32.0 Å². The molecule has 0 spiro atoms. The van der Waals surface area contributed by atoms with Gasteiger partial charge in [-0.25, -0.2) is 13.1 Å². The first-order chi connectivity index (χ1) is 7.61. The lowest BCUT2D eigenvalue weighted by atomic mass is 10.4. The molecule has 16 heavy (non-hydrogen) atoms. The van der Waals surface area contributed by atoms with Crippen LogP contribution >= 0.6 is 11.8 Å². The van der Waals surface area contributed by atoms with Crippen LogP contribution in [0.2, 0.25) is 0 Å². The van der Waals surface area contributed by atoms with Crippen molar-refractivity contribution < 1.29 is 8.42 Å². The molecule has 1 aromatic heterocycles. The molecule has 0 aliphatic heterocycles. The molecule has 0 saturated heterocycles. The van der Waals surface area contributed by atoms with E-state index >= 15 is 0 Å². The van der Waals surface area contributed by atoms with Crippen LogP contribution in [0.3, 0.4) is 0 Å². The normalized spacial score (nSPS) is 11.4. The van der Waals surface area contributed by atoms with E-state index in [4.69, 9.17) is 5.84 Å². The molecule has 0 unspecified atom stereocenters. The van der Waals surface area contributed by atoms with Crippen molar-refractivity contribution in [3.05, 3.63) is 18.5 Å². The van der Waals surface area contributed by atoms with Crippen LogP contribution in [-0.2, 0) is 10.0 Å². The predicted octanol–water partition coefficient (Wildman–Crippen LogP) is 0.00850. The second-order valence-corrected chi connectivity index (χ2v) is 5.63. The van der Waals surface area contributed by atoms with Crippen LogP contribution in [0, 0.1) is 0 Å². The van der Waals surface area contributed by atoms with E-state index in [1.54, 1.807) is 11.8 Å². The number of sulfonamides is 1. The molecule has 90 valence electrons. The summed E-state index contributed by atoms with van der Waals surface area (Å²) in [7, 11) is -3.54. The summed E-state index contributed by atoms with van der Waals surface area (Å²) in [4.78, 5) is 3.82. The lowest BCUT2D eigenvalue weighted by molar-refractivity contribution is 0.584. The van der Waals surface area contributed by atoms with Gasteiger partial charge in [-0.2, -0.15) is 11.8 Å². The highest BCUT2D eigenvalue weighted by atomic mass is 32.2. The molecule has 0 radical (unpaired) electrons. The summed E-state index contributed by atoms with van der Waals surface area (Å²) >= 11 is 1.56. The van der Waals surface area contributed by atoms with Gasteiger partial charge in [0.25, 0.3) is 0 Å². The zero-order valence-corrected chi connectivity index (χ0v) is 10.4. The predicted molar refractivity (Wildman–Crippen MR) is 65.6 cm³/mol. The molecule has 4 N–H and O–H groups in total. The van der Waals surface area contributed by atoms with Gasteiger partial charge in [-0.15, -0.1) is 0 Å². The van der Waals surface area contributed by atoms with Crippen LogP contribution < -0.4 is 16.0 Å². The van der Waals surface area contributed by atoms with E-state index in [1.807, 2.05) is 6.26 Å². The maximum absolute atomic E-state index is 11.8. The molecule has 1 rings (SSSR count). The Balaban J connectivity index is 2.89. The first kappa shape index (κ1) is 13.2. The zero-order valence-electron chi connectivity index (χ0n) is 8.80. The summed E-state index contributed by atoms with van der Waals surface area (Å²) in [5, 5.41) is 0. The Morgan fingerprint density at radius 3 is 2.94 bits per heavy atom. The third-order valence-corrected chi connectivity index (χ3v) is 3.93. The maximum atomic E-state index is 11.8. The minimum atomic E-state index is -3.54. The molecule has 0 fully saturated rings. The lowest BCUT2D eigenvalue weighted by Crippen LogP contribution is -2.27. The number of nitrogens with one attached hydrogen (secondary N) is 2. The molecule has 0 aliphatic rings. The summed E-state index contributed by atoms with van der Waals surface area (Å²) in [6, 6.07) is 1.50. The van der Waals surface area contributed by atoms with Crippen molar-refractivity contribution in [2.75, 3.05) is 24.0 Å². The Kier molecular flexibility index (Phi) is 5.00. The number of nitrogens with two attached hydrogens (primary N) is 1. The summed E-state index contributed by atoms with van der Waals surface area (Å²) in [5.74, 6) is 5.94. The van der Waals surface area contributed by atoms with Crippen molar-refractivity contribution in [3.63, 3.8) is 0 Å². The van der Waals surface area contributed by atoms with Crippen molar-refractivity contribution in [1.82, 2.24) is 9.71 Å². The Hall–Kier alpha value is -0.830. The Morgan fingerprint density at radius 2 is 2.31 bits per heavy atom. The van der Waals surface area contributed by atoms with Gasteiger partial charge in [-0.1, -0.05) is 0 Å². The summed E-state index contributed by atoms with van der Waals surface area (Å²) in [6.45, 7) is 0.377. The number of hydrazine groups is 1. The van der Waals surface area contributed by atoms with Crippen LogP contribution in [0.15, 0.2) is 23.4 Å². The molecule has 0 aromatic carbocycles. The van der Waals surface area contributed by atoms with Crippen molar-refractivity contribution >= 4 is 27.5 Å². The van der Waals surface area contributed by atoms with E-state index in [-0.39, 0.29) is 4.90 Å². The summed E-state index contributed by atoms with van der Waals surface area (Å²) in [6.07, 6.45) is 4.64. The third-order valence-electron chi connectivity index (χ3n) is 1.83. The highest BCUT2D eigenvalue weighted by molar-refractivity contribution is 7.98. The number of nitrogens with zero attached hydrogens (tertiary/aromatic N) is 1. The standard InChI is InChI=1S/C8H14N4O2S2/c1-15-5-4-11-16(13,14)8-6-10-3-2-7(8)12-9/h2-3,6,11H,4-5,9H2,1H3,(H,10,12). The zero-order chi connectivity index (χ0) is 12.0. The molecule has 8 heteroatoms. The van der Waals surface area contributed by atoms with Gasteiger partial charge < -0.3 is 5.43 Å². The topological polar surface area (TPSA) is 97.1 Å². The molecule has 0 amide bonds. The van der Waals surface area contributed by atoms with E-state index in [1.165, 1.54) is 18.5 Å². The van der Waals surface area contributed by atoms with E-state index < -0.39 is 10.0 Å². The Labute approximate surface area is 99.0 Å². The van der Waals surface area contributed by atoms with E-state index in [9.17, 15) is 8.42 Å². The van der Waals surface area contributed by atoms with Crippen LogP contribution in [0.25, 0.3) is 0 Å². The fourth-order valence-electron chi connectivity index (χ4n) is 1.07. The fourth-order valence-corrected chi connectivity index (χ4v) is 2.65. The van der Waals surface area contributed by atoms with Crippen molar-refractivity contribution in [2.45, 2.75) is 4.90 Å². The number of aromatic nitrogens is 1. The van der Waals surface area contributed by atoms with Crippen LogP contribution in [0.5, 0.6) is 0 Å². The molecule has 0 atom stereocenters. The molecule has 0 bridgehead atoms. The first-order valence-corrected chi connectivity index (χ1v) is 7.38. The second kappa shape index (κ2) is 6.04. The largest absolute Gasteiger partial charge is 0.323 e. The second-order valence-electron chi connectivity index (χ2n) is 2.91. The van der Waals surface area contributed by atoms with E-state index in [2.05, 4.69) is 15.1 Å². The number of pyridine rings is 1. The van der Waals surface area contributed by atoms with Gasteiger partial charge in [0.15, 0.2) is 0 Å². The van der Waals surface area contributed by atoms with Crippen molar-refractivity contribution in [3.8, 4) is 0 Å². The first-order valence-electron chi connectivity index (χ1n) is 4.51. The number of nitrogen functional groups attached to an aromatic ring is 1. The highest BCUT2D eigenvalue weighted by Crippen LogP contribution is 2.17. The minimum absolute atomic E-state index is 0.0543. The Bertz CT molecular complexity index is 435. The maximum Gasteiger partial charge on any atom is 0.244 e. The van der Waals surface area contributed by atoms with E-state index in [0.717, 1.165) is 0 Å². The van der Waals surface area contributed by atoms with Gasteiger partial charge in [-0.3, -0.25) is 10.8 Å². The number of hydrogen-bond donors (Lipinski definition) is 3.